The summed E-state index contributed by atoms with van der Waals surface area (Å²) in [6.45, 7) is 2.21. The van der Waals surface area contributed by atoms with Crippen molar-refractivity contribution >= 4 is 22.7 Å². The second-order valence-electron chi connectivity index (χ2n) is 5.61. The van der Waals surface area contributed by atoms with E-state index in [1.165, 1.54) is 11.8 Å². The van der Waals surface area contributed by atoms with Crippen molar-refractivity contribution in [2.24, 2.45) is 0 Å². The van der Waals surface area contributed by atoms with Crippen LogP contribution in [0.3, 0.4) is 0 Å². The molecule has 0 aliphatic heterocycles. The zero-order chi connectivity index (χ0) is 17.2. The van der Waals surface area contributed by atoms with Crippen LogP contribution in [0.4, 0.5) is 0 Å². The number of fused-ring (bicyclic) bond motifs is 1. The van der Waals surface area contributed by atoms with E-state index < -0.39 is 0 Å². The van der Waals surface area contributed by atoms with Crippen molar-refractivity contribution in [3.05, 3.63) is 76.3 Å². The number of aromatic nitrogens is 3. The summed E-state index contributed by atoms with van der Waals surface area (Å²) in [4.78, 5) is 17.6. The molecular weight excluding hydrogens is 338 g/mol. The maximum absolute atomic E-state index is 12.9. The minimum absolute atomic E-state index is 0.0850. The van der Waals surface area contributed by atoms with Crippen LogP contribution in [0, 0.1) is 6.92 Å². The minimum Gasteiger partial charge on any atom is -0.467 e. The van der Waals surface area contributed by atoms with Gasteiger partial charge in [-0.3, -0.25) is 9.36 Å². The molecule has 0 atom stereocenters. The van der Waals surface area contributed by atoms with Gasteiger partial charge in [0.1, 0.15) is 11.5 Å². The van der Waals surface area contributed by atoms with Crippen molar-refractivity contribution in [3.63, 3.8) is 0 Å². The van der Waals surface area contributed by atoms with Crippen molar-refractivity contribution in [1.29, 1.82) is 0 Å². The molecule has 0 fully saturated rings. The van der Waals surface area contributed by atoms with E-state index in [-0.39, 0.29) is 5.56 Å². The van der Waals surface area contributed by atoms with Crippen LogP contribution in [-0.4, -0.2) is 14.7 Å². The Hall–Kier alpha value is -2.80. The monoisotopic (exact) mass is 353 g/mol. The molecule has 25 heavy (non-hydrogen) atoms. The number of hydrogen-bond acceptors (Lipinski definition) is 6. The number of hydrogen-bond donors (Lipinski definition) is 0. The number of furan rings is 1. The largest absolute Gasteiger partial charge is 0.467 e. The summed E-state index contributed by atoms with van der Waals surface area (Å²) in [7, 11) is 0. The molecule has 7 heteroatoms. The Morgan fingerprint density at radius 2 is 2.04 bits per heavy atom. The molecule has 126 valence electrons. The number of benzene rings is 1. The number of para-hydroxylation sites is 1. The Kier molecular flexibility index (Phi) is 4.15. The zero-order valence-electron chi connectivity index (χ0n) is 13.5. The summed E-state index contributed by atoms with van der Waals surface area (Å²) in [5.74, 6) is 2.00. The Morgan fingerprint density at radius 1 is 1.16 bits per heavy atom. The summed E-state index contributed by atoms with van der Waals surface area (Å²) in [5.41, 5.74) is 1.42. The van der Waals surface area contributed by atoms with Gasteiger partial charge >= 0.3 is 0 Å². The maximum Gasteiger partial charge on any atom is 0.262 e. The smallest absolute Gasteiger partial charge is 0.262 e. The lowest BCUT2D eigenvalue weighted by atomic mass is 10.2. The van der Waals surface area contributed by atoms with Gasteiger partial charge in [0.25, 0.3) is 5.56 Å². The zero-order valence-corrected chi connectivity index (χ0v) is 14.3. The van der Waals surface area contributed by atoms with E-state index in [0.717, 1.165) is 11.5 Å². The van der Waals surface area contributed by atoms with Crippen LogP contribution in [0.2, 0.25) is 0 Å². The van der Waals surface area contributed by atoms with Crippen molar-refractivity contribution in [2.75, 3.05) is 0 Å². The second-order valence-corrected chi connectivity index (χ2v) is 6.55. The lowest BCUT2D eigenvalue weighted by Gasteiger charge is -2.11. The fourth-order valence-electron chi connectivity index (χ4n) is 2.58. The van der Waals surface area contributed by atoms with Gasteiger partial charge in [-0.15, -0.1) is 0 Å². The summed E-state index contributed by atoms with van der Waals surface area (Å²) in [5, 5.41) is 5.10. The van der Waals surface area contributed by atoms with E-state index in [2.05, 4.69) is 10.1 Å². The molecule has 0 N–H and O–H groups in total. The van der Waals surface area contributed by atoms with Gasteiger partial charge in [-0.05, 0) is 31.2 Å². The van der Waals surface area contributed by atoms with Gasteiger partial charge in [0, 0.05) is 6.07 Å². The van der Waals surface area contributed by atoms with E-state index in [4.69, 9.17) is 8.94 Å². The molecule has 4 aromatic rings. The predicted molar refractivity (Wildman–Crippen MR) is 94.6 cm³/mol. The Bertz CT molecular complexity index is 1070. The fourth-order valence-corrected chi connectivity index (χ4v) is 3.45. The van der Waals surface area contributed by atoms with Crippen molar-refractivity contribution in [1.82, 2.24) is 14.7 Å². The topological polar surface area (TPSA) is 74.1 Å². The Labute approximate surface area is 147 Å². The number of nitrogens with zero attached hydrogens (tertiary/aromatic N) is 3. The average molecular weight is 353 g/mol. The van der Waals surface area contributed by atoms with Crippen LogP contribution < -0.4 is 5.56 Å². The van der Waals surface area contributed by atoms with E-state index >= 15 is 0 Å². The van der Waals surface area contributed by atoms with Crippen LogP contribution in [0.15, 0.2) is 67.6 Å². The van der Waals surface area contributed by atoms with Crippen molar-refractivity contribution < 1.29 is 8.94 Å². The molecule has 0 aliphatic rings. The minimum atomic E-state index is -0.0850. The van der Waals surface area contributed by atoms with Gasteiger partial charge in [-0.2, -0.15) is 0 Å². The standard InChI is InChI=1S/C18H15N3O3S/c1-12-9-14(24-20-12)11-25-18-19-16-7-3-2-6-15(16)17(22)21(18)10-13-5-4-8-23-13/h2-9H,10-11H2,1H3. The molecule has 0 saturated carbocycles. The van der Waals surface area contributed by atoms with Gasteiger partial charge in [-0.1, -0.05) is 29.1 Å². The Morgan fingerprint density at radius 3 is 2.80 bits per heavy atom. The molecule has 3 aromatic heterocycles. The van der Waals surface area contributed by atoms with Crippen molar-refractivity contribution in [2.45, 2.75) is 24.4 Å². The highest BCUT2D eigenvalue weighted by Gasteiger charge is 2.14. The highest BCUT2D eigenvalue weighted by Crippen LogP contribution is 2.23. The van der Waals surface area contributed by atoms with Crippen molar-refractivity contribution in [3.8, 4) is 0 Å². The number of aryl methyl sites for hydroxylation is 1. The highest BCUT2D eigenvalue weighted by molar-refractivity contribution is 7.98. The van der Waals surface area contributed by atoms with Crippen LogP contribution in [0.5, 0.6) is 0 Å². The first-order valence-corrected chi connectivity index (χ1v) is 8.76. The second kappa shape index (κ2) is 6.60. The summed E-state index contributed by atoms with van der Waals surface area (Å²) < 4.78 is 12.3. The predicted octanol–water partition coefficient (Wildman–Crippen LogP) is 3.63. The van der Waals surface area contributed by atoms with Gasteiger partial charge in [0.15, 0.2) is 5.16 Å². The Balaban J connectivity index is 1.75. The lowest BCUT2D eigenvalue weighted by Crippen LogP contribution is -2.23. The molecule has 3 heterocycles. The lowest BCUT2D eigenvalue weighted by molar-refractivity contribution is 0.391. The third kappa shape index (κ3) is 3.23. The molecule has 0 unspecified atom stereocenters. The third-order valence-electron chi connectivity index (χ3n) is 3.74. The van der Waals surface area contributed by atoms with Gasteiger partial charge < -0.3 is 8.94 Å². The van der Waals surface area contributed by atoms with E-state index in [1.54, 1.807) is 23.0 Å². The van der Waals surface area contributed by atoms with Crippen LogP contribution in [0.1, 0.15) is 17.2 Å². The molecule has 0 saturated heterocycles. The average Bonchev–Trinajstić information content (AvgIpc) is 3.27. The van der Waals surface area contributed by atoms with Crippen LogP contribution in [0.25, 0.3) is 10.9 Å². The first kappa shape index (κ1) is 15.7. The summed E-state index contributed by atoms with van der Waals surface area (Å²) in [6, 6.07) is 12.9. The molecule has 0 radical (unpaired) electrons. The number of thioether (sulfide) groups is 1. The third-order valence-corrected chi connectivity index (χ3v) is 4.74. The highest BCUT2D eigenvalue weighted by atomic mass is 32.2. The first-order valence-electron chi connectivity index (χ1n) is 7.77. The fraction of sp³-hybridized carbons (Fsp3) is 0.167. The van der Waals surface area contributed by atoms with Crippen LogP contribution in [-0.2, 0) is 12.3 Å². The molecule has 1 aromatic carbocycles. The molecule has 0 spiro atoms. The van der Waals surface area contributed by atoms with Gasteiger partial charge in [0.2, 0.25) is 0 Å². The number of rotatable bonds is 5. The van der Waals surface area contributed by atoms with Gasteiger partial charge in [-0.25, -0.2) is 4.98 Å². The SMILES string of the molecule is Cc1cc(CSc2nc3ccccc3c(=O)n2Cc2ccco2)on1. The van der Waals surface area contributed by atoms with E-state index in [0.29, 0.717) is 34.1 Å². The molecule has 0 aliphatic carbocycles. The van der Waals surface area contributed by atoms with E-state index in [9.17, 15) is 4.79 Å². The van der Waals surface area contributed by atoms with E-state index in [1.807, 2.05) is 37.3 Å². The molecule has 0 bridgehead atoms. The quantitative estimate of drug-likeness (QED) is 0.403. The molecule has 4 rings (SSSR count). The van der Waals surface area contributed by atoms with Crippen LogP contribution >= 0.6 is 11.8 Å². The van der Waals surface area contributed by atoms with Gasteiger partial charge in [0.05, 0.1) is 35.2 Å². The summed E-state index contributed by atoms with van der Waals surface area (Å²) in [6.07, 6.45) is 1.60. The molecular formula is C18H15N3O3S. The maximum atomic E-state index is 12.9. The normalized spacial score (nSPS) is 11.2. The summed E-state index contributed by atoms with van der Waals surface area (Å²) >= 11 is 1.44. The molecule has 0 amide bonds. The first-order chi connectivity index (χ1) is 12.2. The molecule has 6 nitrogen and oxygen atoms in total.